The molecule has 0 spiro atoms. The van der Waals surface area contributed by atoms with Crippen LogP contribution in [0.5, 0.6) is 0 Å². The van der Waals surface area contributed by atoms with E-state index in [0.29, 0.717) is 0 Å². The van der Waals surface area contributed by atoms with E-state index in [1.165, 1.54) is 0 Å². The second-order valence-electron chi connectivity index (χ2n) is 0.575. The van der Waals surface area contributed by atoms with Gasteiger partial charge in [0.1, 0.15) is 0 Å². The van der Waals surface area contributed by atoms with Gasteiger partial charge in [-0.25, -0.2) is 0 Å². The van der Waals surface area contributed by atoms with E-state index in [1.807, 2.05) is 6.92 Å². The van der Waals surface area contributed by atoms with Crippen molar-refractivity contribution in [2.24, 2.45) is 0 Å². The molecule has 46 valence electrons. The summed E-state index contributed by atoms with van der Waals surface area (Å²) in [6.07, 6.45) is 1.75. The van der Waals surface area contributed by atoms with E-state index in [-0.39, 0.29) is 7.43 Å². The van der Waals surface area contributed by atoms with Crippen LogP contribution < -0.4 is 0 Å². The van der Waals surface area contributed by atoms with Crippen molar-refractivity contribution in [1.29, 1.82) is 0 Å². The minimum absolute atomic E-state index is 0. The van der Waals surface area contributed by atoms with E-state index in [1.54, 1.807) is 6.08 Å². The summed E-state index contributed by atoms with van der Waals surface area (Å²) < 4.78 is 2.76. The molecule has 0 unspecified atom stereocenters. The molecule has 0 N–H and O–H groups in total. The standard InChI is InChI=1S/C3H4.CH3.2ClH.Ru/c1-3-2;;;;/h3H,1H3;1H3;2*1H;/q;-1;;;+2/p-2. The maximum atomic E-state index is 5.34. The van der Waals surface area contributed by atoms with Gasteiger partial charge >= 0.3 is 50.2 Å². The quantitative estimate of drug-likeness (QED) is 0.440. The maximum Gasteiger partial charge on any atom is -0.358 e. The molecule has 0 bridgehead atoms. The minimum Gasteiger partial charge on any atom is -0.358 e. The van der Waals surface area contributed by atoms with E-state index >= 15 is 0 Å². The normalized spacial score (nSPS) is 8.14. The molecule has 7 heavy (non-hydrogen) atoms. The van der Waals surface area contributed by atoms with Gasteiger partial charge < -0.3 is 7.43 Å². The Morgan fingerprint density at radius 3 is 2.00 bits per heavy atom. The van der Waals surface area contributed by atoms with Crippen LogP contribution >= 0.6 is 19.4 Å². The van der Waals surface area contributed by atoms with Crippen molar-refractivity contribution in [3.8, 4) is 0 Å². The summed E-state index contributed by atoms with van der Waals surface area (Å²) in [4.78, 5) is 0. The van der Waals surface area contributed by atoms with E-state index in [2.05, 4.69) is 4.26 Å². The SMILES string of the molecule is CC=[C]=[Ru]([Cl])[Cl].[CH3-]. The molecule has 0 nitrogen and oxygen atoms in total. The zero-order chi connectivity index (χ0) is 4.99. The molecule has 0 aliphatic heterocycles. The molecule has 0 aromatic heterocycles. The number of halogens is 2. The van der Waals surface area contributed by atoms with Crippen molar-refractivity contribution in [3.63, 3.8) is 0 Å². The van der Waals surface area contributed by atoms with Crippen molar-refractivity contribution in [1.82, 2.24) is 0 Å². The third-order valence-electron chi connectivity index (χ3n) is 0.179. The summed E-state index contributed by atoms with van der Waals surface area (Å²) >= 11 is -1.57. The minimum atomic E-state index is -1.57. The Hall–Kier alpha value is 0.853. The van der Waals surface area contributed by atoms with E-state index in [4.69, 9.17) is 19.4 Å². The number of rotatable bonds is 0. The van der Waals surface area contributed by atoms with Crippen LogP contribution in [0.4, 0.5) is 0 Å². The van der Waals surface area contributed by atoms with Crippen molar-refractivity contribution in [2.75, 3.05) is 0 Å². The van der Waals surface area contributed by atoms with E-state index < -0.39 is 13.5 Å². The topological polar surface area (TPSA) is 0 Å². The summed E-state index contributed by atoms with van der Waals surface area (Å²) in [6.45, 7) is 1.85. The van der Waals surface area contributed by atoms with Gasteiger partial charge in [-0.05, 0) is 0 Å². The Balaban J connectivity index is 0. The van der Waals surface area contributed by atoms with Crippen molar-refractivity contribution >= 4 is 23.6 Å². The van der Waals surface area contributed by atoms with Crippen molar-refractivity contribution in [2.45, 2.75) is 6.92 Å². The van der Waals surface area contributed by atoms with Gasteiger partial charge in [-0.15, -0.1) is 0 Å². The molecule has 0 aliphatic carbocycles. The molecular formula is C4H7Cl2Ru-. The number of hydrogen-bond donors (Lipinski definition) is 0. The molecule has 0 amide bonds. The van der Waals surface area contributed by atoms with Gasteiger partial charge in [-0.1, -0.05) is 0 Å². The summed E-state index contributed by atoms with van der Waals surface area (Å²) in [5, 5.41) is 0. The fourth-order valence-corrected chi connectivity index (χ4v) is 1.37. The number of allylic oxidation sites excluding steroid dienone is 1. The Bertz CT molecular complexity index is 87.9. The molecule has 0 saturated carbocycles. The predicted molar refractivity (Wildman–Crippen MR) is 33.4 cm³/mol. The fraction of sp³-hybridized carbons (Fsp3) is 0.250. The Morgan fingerprint density at radius 2 is 2.00 bits per heavy atom. The van der Waals surface area contributed by atoms with E-state index in [0.717, 1.165) is 0 Å². The van der Waals surface area contributed by atoms with Crippen LogP contribution in [-0.4, -0.2) is 4.26 Å². The molecule has 0 saturated heterocycles. The zero-order valence-electron chi connectivity index (χ0n) is 4.19. The maximum absolute atomic E-state index is 5.34. The monoisotopic (exact) mass is 227 g/mol. The predicted octanol–water partition coefficient (Wildman–Crippen LogP) is 2.34. The van der Waals surface area contributed by atoms with Crippen molar-refractivity contribution < 1.29 is 13.5 Å². The average Bonchev–Trinajstić information content (AvgIpc) is 1.35. The first-order chi connectivity index (χ1) is 2.77. The molecule has 0 atom stereocenters. The molecule has 0 aromatic rings. The second kappa shape index (κ2) is 6.85. The van der Waals surface area contributed by atoms with Crippen molar-refractivity contribution in [3.05, 3.63) is 13.5 Å². The Kier molecular flexibility index (Phi) is 10.5. The Labute approximate surface area is 57.6 Å². The van der Waals surface area contributed by atoms with Crippen LogP contribution in [0.15, 0.2) is 6.08 Å². The summed E-state index contributed by atoms with van der Waals surface area (Å²) in [5.41, 5.74) is 0. The third kappa shape index (κ3) is 10.9. The largest absolute Gasteiger partial charge is 0.358 e. The van der Waals surface area contributed by atoms with Crippen LogP contribution in [0.3, 0.4) is 0 Å². The van der Waals surface area contributed by atoms with Gasteiger partial charge in [-0.3, -0.25) is 0 Å². The molecule has 0 aromatic carbocycles. The first-order valence-electron chi connectivity index (χ1n) is 1.31. The van der Waals surface area contributed by atoms with Gasteiger partial charge in [0.2, 0.25) is 0 Å². The van der Waals surface area contributed by atoms with Gasteiger partial charge in [0.05, 0.1) is 0 Å². The van der Waals surface area contributed by atoms with Crippen LogP contribution in [0.25, 0.3) is 0 Å². The van der Waals surface area contributed by atoms with Gasteiger partial charge in [0.25, 0.3) is 0 Å². The van der Waals surface area contributed by atoms with Gasteiger partial charge in [0, 0.05) is 0 Å². The summed E-state index contributed by atoms with van der Waals surface area (Å²) in [6, 6.07) is 0. The summed E-state index contributed by atoms with van der Waals surface area (Å²) in [5.74, 6) is 0. The second-order valence-corrected chi connectivity index (χ2v) is 5.95. The number of hydrogen-bond acceptors (Lipinski definition) is 0. The molecule has 0 aliphatic rings. The van der Waals surface area contributed by atoms with Gasteiger partial charge in [-0.2, -0.15) is 0 Å². The first-order valence-corrected chi connectivity index (χ1v) is 6.66. The van der Waals surface area contributed by atoms with Crippen LogP contribution in [0, 0.1) is 7.43 Å². The smallest absolute Gasteiger partial charge is 0.358 e. The molecule has 0 heterocycles. The zero-order valence-corrected chi connectivity index (χ0v) is 7.44. The molecule has 0 fully saturated rings. The molecule has 0 radical (unpaired) electrons. The molecular weight excluding hydrogens is 220 g/mol. The fourth-order valence-electron chi connectivity index (χ4n) is 0.0772. The first kappa shape index (κ1) is 10.8. The molecule has 0 rings (SSSR count). The summed E-state index contributed by atoms with van der Waals surface area (Å²) in [7, 11) is 10.7. The average molecular weight is 227 g/mol. The van der Waals surface area contributed by atoms with Crippen LogP contribution in [0.2, 0.25) is 0 Å². The van der Waals surface area contributed by atoms with E-state index in [9.17, 15) is 0 Å². The third-order valence-corrected chi connectivity index (χ3v) is 1.97. The van der Waals surface area contributed by atoms with Gasteiger partial charge in [0.15, 0.2) is 0 Å². The molecule has 3 heteroatoms. The van der Waals surface area contributed by atoms with Crippen LogP contribution in [0.1, 0.15) is 6.92 Å². The Morgan fingerprint density at radius 1 is 1.57 bits per heavy atom. The van der Waals surface area contributed by atoms with Crippen LogP contribution in [-0.2, 0) is 13.5 Å².